The molecule has 2 aromatic heterocycles. The molecule has 0 radical (unpaired) electrons. The largest absolute Gasteiger partial charge is 0.383 e. The Morgan fingerprint density at radius 3 is 2.66 bits per heavy atom. The Labute approximate surface area is 194 Å². The molecule has 3 N–H and O–H groups in total. The molecule has 0 saturated heterocycles. The van der Waals surface area contributed by atoms with Crippen LogP contribution < -0.4 is 11.1 Å². The molecule has 0 aliphatic rings. The van der Waals surface area contributed by atoms with Crippen molar-refractivity contribution in [1.29, 1.82) is 0 Å². The van der Waals surface area contributed by atoms with Crippen LogP contribution >= 0.6 is 23.4 Å². The fourth-order valence-corrected chi connectivity index (χ4v) is 3.94. The lowest BCUT2D eigenvalue weighted by Crippen LogP contribution is -2.21. The molecule has 0 atom stereocenters. The lowest BCUT2D eigenvalue weighted by Gasteiger charge is -2.10. The SMILES string of the molecule is CSc1nn(CC(=O)Nc2ccc(C)cc2C)c(N)c1-c1nc(-c2ccc(Cl)cc2)no1. The van der Waals surface area contributed by atoms with Gasteiger partial charge in [0, 0.05) is 16.3 Å². The molecule has 1 amide bonds. The second-order valence-electron chi connectivity index (χ2n) is 7.22. The number of carbonyl (C=O) groups excluding carboxylic acids is 1. The summed E-state index contributed by atoms with van der Waals surface area (Å²) in [5.74, 6) is 0.676. The van der Waals surface area contributed by atoms with Gasteiger partial charge in [0.1, 0.15) is 23.0 Å². The van der Waals surface area contributed by atoms with Gasteiger partial charge < -0.3 is 15.6 Å². The number of carbonyl (C=O) groups is 1. The quantitative estimate of drug-likeness (QED) is 0.390. The standard InChI is InChI=1S/C22H21ClN6O2S/c1-12-4-9-16(13(2)10-12)25-17(30)11-29-19(24)18(22(27-29)32-3)21-26-20(28-31-21)14-5-7-15(23)8-6-14/h4-10H,11,24H2,1-3H3,(H,25,30). The molecule has 2 aromatic carbocycles. The fraction of sp³-hybridized carbons (Fsp3) is 0.182. The van der Waals surface area contributed by atoms with E-state index in [4.69, 9.17) is 21.9 Å². The van der Waals surface area contributed by atoms with E-state index in [1.165, 1.54) is 16.4 Å². The van der Waals surface area contributed by atoms with E-state index in [9.17, 15) is 4.79 Å². The minimum absolute atomic E-state index is 0.0507. The number of anilines is 2. The Balaban J connectivity index is 1.58. The number of nitrogens with zero attached hydrogens (tertiary/aromatic N) is 4. The molecule has 0 saturated carbocycles. The van der Waals surface area contributed by atoms with Crippen LogP contribution in [-0.4, -0.2) is 32.1 Å². The van der Waals surface area contributed by atoms with E-state index in [0.29, 0.717) is 21.4 Å². The summed E-state index contributed by atoms with van der Waals surface area (Å²) in [5.41, 5.74) is 10.5. The maximum absolute atomic E-state index is 12.6. The third-order valence-corrected chi connectivity index (χ3v) is 5.77. The molecular weight excluding hydrogens is 448 g/mol. The van der Waals surface area contributed by atoms with Crippen molar-refractivity contribution in [3.05, 3.63) is 58.6 Å². The molecular formula is C22H21ClN6O2S. The predicted molar refractivity (Wildman–Crippen MR) is 127 cm³/mol. The molecule has 0 bridgehead atoms. The van der Waals surface area contributed by atoms with E-state index >= 15 is 0 Å². The lowest BCUT2D eigenvalue weighted by molar-refractivity contribution is -0.116. The van der Waals surface area contributed by atoms with Gasteiger partial charge in [-0.2, -0.15) is 10.1 Å². The zero-order valence-electron chi connectivity index (χ0n) is 17.7. The summed E-state index contributed by atoms with van der Waals surface area (Å²) < 4.78 is 6.89. The van der Waals surface area contributed by atoms with E-state index in [0.717, 1.165) is 22.4 Å². The lowest BCUT2D eigenvalue weighted by atomic mass is 10.1. The van der Waals surface area contributed by atoms with Crippen LogP contribution in [0.15, 0.2) is 52.0 Å². The van der Waals surface area contributed by atoms with Gasteiger partial charge in [0.15, 0.2) is 0 Å². The summed E-state index contributed by atoms with van der Waals surface area (Å²) in [6, 6.07) is 12.9. The zero-order chi connectivity index (χ0) is 22.8. The molecule has 4 aromatic rings. The minimum Gasteiger partial charge on any atom is -0.383 e. The number of benzene rings is 2. The van der Waals surface area contributed by atoms with E-state index in [1.807, 2.05) is 38.3 Å². The van der Waals surface area contributed by atoms with Gasteiger partial charge in [-0.25, -0.2) is 4.68 Å². The van der Waals surface area contributed by atoms with Crippen molar-refractivity contribution in [2.45, 2.75) is 25.4 Å². The highest BCUT2D eigenvalue weighted by Gasteiger charge is 2.24. The Kier molecular flexibility index (Phi) is 6.20. The van der Waals surface area contributed by atoms with Gasteiger partial charge in [0.25, 0.3) is 5.89 Å². The summed E-state index contributed by atoms with van der Waals surface area (Å²) >= 11 is 7.32. The number of nitrogen functional groups attached to an aromatic ring is 1. The maximum atomic E-state index is 12.6. The number of hydrogen-bond donors (Lipinski definition) is 2. The molecule has 32 heavy (non-hydrogen) atoms. The van der Waals surface area contributed by atoms with Gasteiger partial charge >= 0.3 is 0 Å². The summed E-state index contributed by atoms with van der Waals surface area (Å²) in [5, 5.41) is 12.6. The van der Waals surface area contributed by atoms with Gasteiger partial charge in [-0.3, -0.25) is 4.79 Å². The second-order valence-corrected chi connectivity index (χ2v) is 8.46. The highest BCUT2D eigenvalue weighted by molar-refractivity contribution is 7.98. The van der Waals surface area contributed by atoms with Gasteiger partial charge in [-0.15, -0.1) is 11.8 Å². The molecule has 10 heteroatoms. The van der Waals surface area contributed by atoms with E-state index in [2.05, 4.69) is 20.6 Å². The van der Waals surface area contributed by atoms with Crippen LogP contribution in [0.25, 0.3) is 22.8 Å². The summed E-state index contributed by atoms with van der Waals surface area (Å²) in [4.78, 5) is 17.1. The Morgan fingerprint density at radius 1 is 1.22 bits per heavy atom. The van der Waals surface area contributed by atoms with Crippen LogP contribution in [0, 0.1) is 13.8 Å². The molecule has 0 unspecified atom stereocenters. The molecule has 0 spiro atoms. The van der Waals surface area contributed by atoms with Crippen LogP contribution in [0.3, 0.4) is 0 Å². The van der Waals surface area contributed by atoms with Crippen molar-refractivity contribution in [3.63, 3.8) is 0 Å². The number of thioether (sulfide) groups is 1. The van der Waals surface area contributed by atoms with Crippen LogP contribution in [0.1, 0.15) is 11.1 Å². The first-order valence-electron chi connectivity index (χ1n) is 9.73. The van der Waals surface area contributed by atoms with Crippen molar-refractivity contribution in [1.82, 2.24) is 19.9 Å². The molecule has 2 heterocycles. The number of nitrogens with one attached hydrogen (secondary N) is 1. The van der Waals surface area contributed by atoms with Gasteiger partial charge in [-0.05, 0) is 56.0 Å². The van der Waals surface area contributed by atoms with Crippen LogP contribution in [0.5, 0.6) is 0 Å². The normalized spacial score (nSPS) is 11.0. The Hall–Kier alpha value is -3.30. The maximum Gasteiger partial charge on any atom is 0.264 e. The van der Waals surface area contributed by atoms with E-state index in [-0.39, 0.29) is 24.2 Å². The fourth-order valence-electron chi connectivity index (χ4n) is 3.24. The smallest absolute Gasteiger partial charge is 0.264 e. The topological polar surface area (TPSA) is 112 Å². The van der Waals surface area contributed by atoms with E-state index < -0.39 is 0 Å². The Morgan fingerprint density at radius 2 is 1.97 bits per heavy atom. The first kappa shape index (κ1) is 21.9. The van der Waals surface area contributed by atoms with Crippen molar-refractivity contribution < 1.29 is 9.32 Å². The number of nitrogens with two attached hydrogens (primary N) is 1. The summed E-state index contributed by atoms with van der Waals surface area (Å²) in [6.45, 7) is 3.90. The second kappa shape index (κ2) is 9.05. The summed E-state index contributed by atoms with van der Waals surface area (Å²) in [6.07, 6.45) is 1.86. The number of amides is 1. The number of halogens is 1. The van der Waals surface area contributed by atoms with Gasteiger partial charge in [-0.1, -0.05) is 34.5 Å². The average molecular weight is 469 g/mol. The van der Waals surface area contributed by atoms with Crippen molar-refractivity contribution >= 4 is 40.8 Å². The molecule has 4 rings (SSSR count). The molecule has 0 aliphatic heterocycles. The highest BCUT2D eigenvalue weighted by Crippen LogP contribution is 2.35. The average Bonchev–Trinajstić information content (AvgIpc) is 3.35. The minimum atomic E-state index is -0.238. The summed E-state index contributed by atoms with van der Waals surface area (Å²) in [7, 11) is 0. The van der Waals surface area contributed by atoms with Crippen molar-refractivity contribution in [2.24, 2.45) is 0 Å². The van der Waals surface area contributed by atoms with Crippen LogP contribution in [0.2, 0.25) is 5.02 Å². The molecule has 0 aliphatic carbocycles. The zero-order valence-corrected chi connectivity index (χ0v) is 19.3. The molecule has 164 valence electrons. The number of rotatable bonds is 6. The van der Waals surface area contributed by atoms with Gasteiger partial charge in [0.2, 0.25) is 11.7 Å². The first-order chi connectivity index (χ1) is 15.4. The first-order valence-corrected chi connectivity index (χ1v) is 11.3. The van der Waals surface area contributed by atoms with Crippen molar-refractivity contribution in [3.8, 4) is 22.8 Å². The monoisotopic (exact) mass is 468 g/mol. The molecule has 0 fully saturated rings. The highest BCUT2D eigenvalue weighted by atomic mass is 35.5. The van der Waals surface area contributed by atoms with Crippen LogP contribution in [-0.2, 0) is 11.3 Å². The Bertz CT molecular complexity index is 1280. The predicted octanol–water partition coefficient (Wildman–Crippen LogP) is 4.81. The third kappa shape index (κ3) is 4.49. The number of aromatic nitrogens is 4. The van der Waals surface area contributed by atoms with E-state index in [1.54, 1.807) is 24.3 Å². The van der Waals surface area contributed by atoms with Crippen molar-refractivity contribution in [2.75, 3.05) is 17.3 Å². The van der Waals surface area contributed by atoms with Crippen LogP contribution in [0.4, 0.5) is 11.5 Å². The van der Waals surface area contributed by atoms with Gasteiger partial charge in [0.05, 0.1) is 0 Å². The number of aryl methyl sites for hydroxylation is 2. The third-order valence-electron chi connectivity index (χ3n) is 4.84. The number of hydrogen-bond acceptors (Lipinski definition) is 7. The molecule has 8 nitrogen and oxygen atoms in total.